The second-order valence-corrected chi connectivity index (χ2v) is 3.15. The molecule has 94 valence electrons. The lowest BCUT2D eigenvalue weighted by molar-refractivity contribution is -0.460. The van der Waals surface area contributed by atoms with E-state index in [2.05, 4.69) is 14.8 Å². The van der Waals surface area contributed by atoms with E-state index in [0.717, 1.165) is 0 Å². The van der Waals surface area contributed by atoms with Crippen molar-refractivity contribution in [3.63, 3.8) is 0 Å². The van der Waals surface area contributed by atoms with Crippen LogP contribution in [-0.4, -0.2) is 34.9 Å². The van der Waals surface area contributed by atoms with Crippen LogP contribution in [0.3, 0.4) is 0 Å². The van der Waals surface area contributed by atoms with Crippen molar-refractivity contribution in [2.24, 2.45) is 5.92 Å². The van der Waals surface area contributed by atoms with E-state index < -0.39 is 24.0 Å². The largest absolute Gasteiger partial charge is 0.396 e. The molecular weight excluding hydrogens is 220 g/mol. The van der Waals surface area contributed by atoms with Gasteiger partial charge in [0, 0.05) is 18.1 Å². The van der Waals surface area contributed by atoms with Gasteiger partial charge in [-0.2, -0.15) is 0 Å². The number of aliphatic hydroxyl groups is 2. The molecule has 0 aliphatic heterocycles. The second-order valence-electron chi connectivity index (χ2n) is 3.15. The van der Waals surface area contributed by atoms with E-state index in [9.17, 15) is 14.7 Å². The zero-order valence-corrected chi connectivity index (χ0v) is 9.21. The second kappa shape index (κ2) is 8.03. The summed E-state index contributed by atoms with van der Waals surface area (Å²) in [7, 11) is 0. The average molecular weight is 236 g/mol. The van der Waals surface area contributed by atoms with Crippen molar-refractivity contribution in [3.8, 4) is 0 Å². The highest BCUT2D eigenvalue weighted by Gasteiger charge is 2.24. The summed E-state index contributed by atoms with van der Waals surface area (Å²) >= 11 is 0. The summed E-state index contributed by atoms with van der Waals surface area (Å²) in [6.07, 6.45) is -0.909. The summed E-state index contributed by atoms with van der Waals surface area (Å²) < 4.78 is 0. The highest BCUT2D eigenvalue weighted by Crippen LogP contribution is 2.09. The van der Waals surface area contributed by atoms with Crippen molar-refractivity contribution >= 4 is 11.9 Å². The quantitative estimate of drug-likeness (QED) is 0.462. The Morgan fingerprint density at radius 3 is 2.44 bits per heavy atom. The van der Waals surface area contributed by atoms with Gasteiger partial charge in [-0.05, 0) is 13.3 Å². The van der Waals surface area contributed by atoms with Crippen LogP contribution in [0.25, 0.3) is 0 Å². The third-order valence-electron chi connectivity index (χ3n) is 1.91. The molecule has 7 heteroatoms. The lowest BCUT2D eigenvalue weighted by Crippen LogP contribution is -2.28. The lowest BCUT2D eigenvalue weighted by atomic mass is 10.0. The monoisotopic (exact) mass is 236 g/mol. The molecule has 0 heterocycles. The first kappa shape index (κ1) is 14.8. The summed E-state index contributed by atoms with van der Waals surface area (Å²) in [5, 5.41) is 21.8. The van der Waals surface area contributed by atoms with Gasteiger partial charge in [-0.25, -0.2) is 9.59 Å². The molecule has 0 rings (SSSR count). The van der Waals surface area contributed by atoms with Crippen LogP contribution in [0, 0.1) is 5.92 Å². The zero-order valence-electron chi connectivity index (χ0n) is 9.21. The number of carbonyl (C=O) groups excluding carboxylic acids is 2. The predicted molar refractivity (Wildman–Crippen MR) is 50.4 cm³/mol. The third-order valence-corrected chi connectivity index (χ3v) is 1.91. The molecular formula is C9H16O7. The Labute approximate surface area is 92.8 Å². The molecule has 16 heavy (non-hydrogen) atoms. The Morgan fingerprint density at radius 2 is 1.94 bits per heavy atom. The van der Waals surface area contributed by atoms with E-state index in [0.29, 0.717) is 0 Å². The van der Waals surface area contributed by atoms with Crippen LogP contribution < -0.4 is 0 Å². The Kier molecular flexibility index (Phi) is 7.44. The standard InChI is InChI=1S/C9H16O7/c1-3-8(12)14-16-15-9(13)6(2)7(11)4-5-10/h6-7,10-11H,3-5H2,1-2H3. The summed E-state index contributed by atoms with van der Waals surface area (Å²) in [4.78, 5) is 29.9. The summed E-state index contributed by atoms with van der Waals surface area (Å²) in [6.45, 7) is 2.69. The molecule has 0 fully saturated rings. The smallest absolute Gasteiger partial charge is 0.352 e. The third kappa shape index (κ3) is 5.64. The Hall–Kier alpha value is -1.18. The lowest BCUT2D eigenvalue weighted by Gasteiger charge is -2.14. The maximum Gasteiger partial charge on any atom is 0.352 e. The first-order valence-electron chi connectivity index (χ1n) is 4.89. The van der Waals surface area contributed by atoms with Gasteiger partial charge in [0.2, 0.25) is 0 Å². The Balaban J connectivity index is 3.83. The van der Waals surface area contributed by atoms with Gasteiger partial charge in [-0.1, -0.05) is 6.92 Å². The highest BCUT2D eigenvalue weighted by atomic mass is 17.5. The molecule has 0 aromatic rings. The van der Waals surface area contributed by atoms with Crippen molar-refractivity contribution in [3.05, 3.63) is 0 Å². The minimum Gasteiger partial charge on any atom is -0.396 e. The van der Waals surface area contributed by atoms with Crippen LogP contribution in [0.2, 0.25) is 0 Å². The molecule has 0 saturated heterocycles. The predicted octanol–water partition coefficient (Wildman–Crippen LogP) is -0.291. The molecule has 2 N–H and O–H groups in total. The van der Waals surface area contributed by atoms with Crippen LogP contribution >= 0.6 is 0 Å². The van der Waals surface area contributed by atoms with Gasteiger partial charge in [-0.15, -0.1) is 0 Å². The molecule has 0 aromatic carbocycles. The van der Waals surface area contributed by atoms with Crippen molar-refractivity contribution in [1.82, 2.24) is 0 Å². The molecule has 0 aliphatic rings. The van der Waals surface area contributed by atoms with Crippen LogP contribution in [0.5, 0.6) is 0 Å². The van der Waals surface area contributed by atoms with Crippen molar-refractivity contribution in [2.45, 2.75) is 32.8 Å². The molecule has 7 nitrogen and oxygen atoms in total. The van der Waals surface area contributed by atoms with Crippen LogP contribution in [0.4, 0.5) is 0 Å². The van der Waals surface area contributed by atoms with Crippen molar-refractivity contribution in [1.29, 1.82) is 0 Å². The topological polar surface area (TPSA) is 102 Å². The molecule has 0 aromatic heterocycles. The molecule has 2 atom stereocenters. The van der Waals surface area contributed by atoms with Gasteiger partial charge in [0.1, 0.15) is 0 Å². The molecule has 0 aliphatic carbocycles. The van der Waals surface area contributed by atoms with E-state index in [1.165, 1.54) is 6.92 Å². The van der Waals surface area contributed by atoms with Gasteiger partial charge in [0.25, 0.3) is 0 Å². The fourth-order valence-electron chi connectivity index (χ4n) is 0.763. The van der Waals surface area contributed by atoms with E-state index in [1.54, 1.807) is 6.92 Å². The summed E-state index contributed by atoms with van der Waals surface area (Å²) in [6, 6.07) is 0. The van der Waals surface area contributed by atoms with Crippen LogP contribution in [-0.2, 0) is 24.4 Å². The number of aliphatic hydroxyl groups excluding tert-OH is 2. The van der Waals surface area contributed by atoms with Crippen molar-refractivity contribution in [2.75, 3.05) is 6.61 Å². The normalized spacial score (nSPS) is 14.0. The fraction of sp³-hybridized carbons (Fsp3) is 0.778. The van der Waals surface area contributed by atoms with Gasteiger partial charge in [-0.3, -0.25) is 9.78 Å². The van der Waals surface area contributed by atoms with Gasteiger partial charge >= 0.3 is 11.9 Å². The maximum atomic E-state index is 11.1. The number of hydrogen-bond donors (Lipinski definition) is 2. The van der Waals surface area contributed by atoms with E-state index >= 15 is 0 Å². The molecule has 0 bridgehead atoms. The summed E-state index contributed by atoms with van der Waals surface area (Å²) in [5.74, 6) is -2.45. The minimum atomic E-state index is -1.04. The van der Waals surface area contributed by atoms with Crippen LogP contribution in [0.15, 0.2) is 0 Å². The molecule has 0 amide bonds. The number of rotatable bonds is 7. The SMILES string of the molecule is CCC(=O)OOOC(=O)C(C)C(O)CCO. The van der Waals surface area contributed by atoms with E-state index in [4.69, 9.17) is 5.11 Å². The Bertz CT molecular complexity index is 228. The molecule has 2 unspecified atom stereocenters. The Morgan fingerprint density at radius 1 is 1.31 bits per heavy atom. The maximum absolute atomic E-state index is 11.1. The molecule has 0 spiro atoms. The fourth-order valence-corrected chi connectivity index (χ4v) is 0.763. The number of carbonyl (C=O) groups is 2. The average Bonchev–Trinajstić information content (AvgIpc) is 2.27. The summed E-state index contributed by atoms with van der Waals surface area (Å²) in [5.41, 5.74) is 0. The first-order chi connectivity index (χ1) is 7.52. The van der Waals surface area contributed by atoms with E-state index in [1.807, 2.05) is 0 Å². The van der Waals surface area contributed by atoms with E-state index in [-0.39, 0.29) is 19.4 Å². The van der Waals surface area contributed by atoms with Gasteiger partial charge < -0.3 is 10.2 Å². The zero-order chi connectivity index (χ0) is 12.6. The van der Waals surface area contributed by atoms with Crippen LogP contribution in [0.1, 0.15) is 26.7 Å². The van der Waals surface area contributed by atoms with Gasteiger partial charge in [0.15, 0.2) is 0 Å². The molecule has 0 radical (unpaired) electrons. The molecule has 0 saturated carbocycles. The minimum absolute atomic E-state index is 0.0466. The first-order valence-corrected chi connectivity index (χ1v) is 4.89. The van der Waals surface area contributed by atoms with Gasteiger partial charge in [0.05, 0.1) is 12.0 Å². The number of hydrogen-bond acceptors (Lipinski definition) is 7. The van der Waals surface area contributed by atoms with Crippen molar-refractivity contribution < 1.29 is 34.6 Å². The highest BCUT2D eigenvalue weighted by molar-refractivity contribution is 5.72.